The lowest BCUT2D eigenvalue weighted by molar-refractivity contribution is 0.0172. The second kappa shape index (κ2) is 8.43. The minimum atomic E-state index is -3.89. The summed E-state index contributed by atoms with van der Waals surface area (Å²) in [7, 11) is -3.89. The number of rotatable bonds is 6. The van der Waals surface area contributed by atoms with Gasteiger partial charge in [0.15, 0.2) is 0 Å². The SMILES string of the molecule is Cc1ccc(F)cc1S(=O)(=O)NCC(c1ccc(F)cc1)N1CCOCC1. The Morgan fingerprint density at radius 2 is 1.70 bits per heavy atom. The Kier molecular flexibility index (Phi) is 6.21. The predicted molar refractivity (Wildman–Crippen MR) is 97.9 cm³/mol. The molecule has 5 nitrogen and oxygen atoms in total. The summed E-state index contributed by atoms with van der Waals surface area (Å²) in [4.78, 5) is 2.01. The molecule has 0 bridgehead atoms. The van der Waals surface area contributed by atoms with Gasteiger partial charge in [0.25, 0.3) is 0 Å². The number of sulfonamides is 1. The van der Waals surface area contributed by atoms with Gasteiger partial charge in [-0.1, -0.05) is 18.2 Å². The minimum Gasteiger partial charge on any atom is -0.379 e. The second-order valence-electron chi connectivity index (χ2n) is 6.48. The zero-order valence-electron chi connectivity index (χ0n) is 15.0. The van der Waals surface area contributed by atoms with Crippen molar-refractivity contribution in [3.8, 4) is 0 Å². The van der Waals surface area contributed by atoms with Crippen molar-refractivity contribution < 1.29 is 21.9 Å². The van der Waals surface area contributed by atoms with Gasteiger partial charge in [0.1, 0.15) is 11.6 Å². The zero-order valence-corrected chi connectivity index (χ0v) is 15.8. The average Bonchev–Trinajstić information content (AvgIpc) is 2.66. The van der Waals surface area contributed by atoms with Crippen molar-refractivity contribution in [2.45, 2.75) is 17.9 Å². The van der Waals surface area contributed by atoms with Gasteiger partial charge in [-0.2, -0.15) is 0 Å². The van der Waals surface area contributed by atoms with Crippen LogP contribution in [-0.2, 0) is 14.8 Å². The molecule has 1 N–H and O–H groups in total. The van der Waals surface area contributed by atoms with Crippen molar-refractivity contribution in [3.05, 3.63) is 65.2 Å². The number of nitrogens with zero attached hydrogens (tertiary/aromatic N) is 1. The number of benzene rings is 2. The van der Waals surface area contributed by atoms with Crippen LogP contribution in [0.15, 0.2) is 47.4 Å². The van der Waals surface area contributed by atoms with E-state index in [4.69, 9.17) is 4.74 Å². The van der Waals surface area contributed by atoms with Crippen LogP contribution in [0.1, 0.15) is 17.2 Å². The summed E-state index contributed by atoms with van der Waals surface area (Å²) in [5.41, 5.74) is 1.27. The molecule has 0 radical (unpaired) electrons. The van der Waals surface area contributed by atoms with E-state index in [-0.39, 0.29) is 23.3 Å². The number of hydrogen-bond acceptors (Lipinski definition) is 4. The fourth-order valence-corrected chi connectivity index (χ4v) is 4.45. The third-order valence-corrected chi connectivity index (χ3v) is 6.21. The molecule has 1 fully saturated rings. The van der Waals surface area contributed by atoms with Crippen molar-refractivity contribution in [1.29, 1.82) is 0 Å². The molecule has 0 aliphatic carbocycles. The fourth-order valence-electron chi connectivity index (χ4n) is 3.16. The highest BCUT2D eigenvalue weighted by molar-refractivity contribution is 7.89. The number of ether oxygens (including phenoxy) is 1. The first-order chi connectivity index (χ1) is 12.9. The van der Waals surface area contributed by atoms with Gasteiger partial charge in [-0.05, 0) is 42.3 Å². The van der Waals surface area contributed by atoms with Crippen molar-refractivity contribution in [3.63, 3.8) is 0 Å². The van der Waals surface area contributed by atoms with E-state index in [1.165, 1.54) is 24.3 Å². The van der Waals surface area contributed by atoms with Crippen molar-refractivity contribution >= 4 is 10.0 Å². The maximum atomic E-state index is 13.5. The fraction of sp³-hybridized carbons (Fsp3) is 0.368. The molecule has 8 heteroatoms. The van der Waals surface area contributed by atoms with E-state index in [0.717, 1.165) is 11.6 Å². The van der Waals surface area contributed by atoms with Crippen LogP contribution in [0.5, 0.6) is 0 Å². The Labute approximate surface area is 158 Å². The van der Waals surface area contributed by atoms with Crippen LogP contribution in [0.3, 0.4) is 0 Å². The van der Waals surface area contributed by atoms with E-state index >= 15 is 0 Å². The van der Waals surface area contributed by atoms with E-state index in [0.29, 0.717) is 31.9 Å². The standard InChI is InChI=1S/C19H22F2N2O3S/c1-14-2-5-17(21)12-19(14)27(24,25)22-13-18(23-8-10-26-11-9-23)15-3-6-16(20)7-4-15/h2-7,12,18,22H,8-11,13H2,1H3. The molecule has 1 saturated heterocycles. The number of hydrogen-bond donors (Lipinski definition) is 1. The van der Waals surface area contributed by atoms with Crippen LogP contribution in [0.25, 0.3) is 0 Å². The van der Waals surface area contributed by atoms with Crippen molar-refractivity contribution in [2.24, 2.45) is 0 Å². The molecule has 1 heterocycles. The Hall–Kier alpha value is -1.87. The molecule has 0 saturated carbocycles. The molecule has 1 aliphatic heterocycles. The summed E-state index contributed by atoms with van der Waals surface area (Å²) >= 11 is 0. The molecule has 1 unspecified atom stereocenters. The van der Waals surface area contributed by atoms with Gasteiger partial charge < -0.3 is 4.74 Å². The third kappa shape index (κ3) is 4.90. The van der Waals surface area contributed by atoms with Gasteiger partial charge >= 0.3 is 0 Å². The van der Waals surface area contributed by atoms with E-state index in [1.54, 1.807) is 19.1 Å². The van der Waals surface area contributed by atoms with Crippen molar-refractivity contribution in [1.82, 2.24) is 9.62 Å². The molecular formula is C19H22F2N2O3S. The highest BCUT2D eigenvalue weighted by Gasteiger charge is 2.26. The van der Waals surface area contributed by atoms with Crippen LogP contribution in [-0.4, -0.2) is 46.2 Å². The lowest BCUT2D eigenvalue weighted by atomic mass is 10.0. The lowest BCUT2D eigenvalue weighted by Crippen LogP contribution is -2.43. The summed E-state index contributed by atoms with van der Waals surface area (Å²) in [6, 6.07) is 9.40. The van der Waals surface area contributed by atoms with Gasteiger partial charge in [-0.3, -0.25) is 4.90 Å². The molecule has 1 aliphatic rings. The molecule has 3 rings (SSSR count). The van der Waals surface area contributed by atoms with Crippen molar-refractivity contribution in [2.75, 3.05) is 32.8 Å². The smallest absolute Gasteiger partial charge is 0.240 e. The van der Waals surface area contributed by atoms with E-state index in [2.05, 4.69) is 9.62 Å². The molecule has 0 amide bonds. The van der Waals surface area contributed by atoms with Crippen LogP contribution < -0.4 is 4.72 Å². The van der Waals surface area contributed by atoms with Crippen LogP contribution in [0, 0.1) is 18.6 Å². The molecule has 27 heavy (non-hydrogen) atoms. The maximum absolute atomic E-state index is 13.5. The van der Waals surface area contributed by atoms with Gasteiger partial charge in [-0.25, -0.2) is 21.9 Å². The van der Waals surface area contributed by atoms with E-state index in [1.807, 2.05) is 0 Å². The minimum absolute atomic E-state index is 0.0812. The van der Waals surface area contributed by atoms with Gasteiger partial charge in [0.2, 0.25) is 10.0 Å². The Bertz CT molecular complexity index is 882. The Morgan fingerprint density at radius 1 is 1.07 bits per heavy atom. The van der Waals surface area contributed by atoms with Gasteiger partial charge in [0.05, 0.1) is 18.1 Å². The highest BCUT2D eigenvalue weighted by Crippen LogP contribution is 2.23. The summed E-state index contributed by atoms with van der Waals surface area (Å²) < 4.78 is 60.2. The summed E-state index contributed by atoms with van der Waals surface area (Å²) in [6.07, 6.45) is 0. The number of aryl methyl sites for hydroxylation is 1. The van der Waals surface area contributed by atoms with Crippen LogP contribution in [0.4, 0.5) is 8.78 Å². The molecule has 0 spiro atoms. The monoisotopic (exact) mass is 396 g/mol. The third-order valence-electron chi connectivity index (χ3n) is 4.65. The Morgan fingerprint density at radius 3 is 2.37 bits per heavy atom. The number of halogens is 2. The number of morpholine rings is 1. The summed E-state index contributed by atoms with van der Waals surface area (Å²) in [5.74, 6) is -0.959. The van der Waals surface area contributed by atoms with Crippen LogP contribution in [0.2, 0.25) is 0 Å². The Balaban J connectivity index is 1.83. The zero-order chi connectivity index (χ0) is 19.4. The first-order valence-electron chi connectivity index (χ1n) is 8.70. The second-order valence-corrected chi connectivity index (χ2v) is 8.21. The first-order valence-corrected chi connectivity index (χ1v) is 10.2. The highest BCUT2D eigenvalue weighted by atomic mass is 32.2. The molecule has 0 aromatic heterocycles. The first kappa shape index (κ1) is 19.9. The van der Waals surface area contributed by atoms with E-state index < -0.39 is 15.8 Å². The molecule has 2 aromatic rings. The topological polar surface area (TPSA) is 58.6 Å². The summed E-state index contributed by atoms with van der Waals surface area (Å²) in [6.45, 7) is 4.09. The average molecular weight is 396 g/mol. The molecule has 2 aromatic carbocycles. The van der Waals surface area contributed by atoms with E-state index in [9.17, 15) is 17.2 Å². The van der Waals surface area contributed by atoms with Gasteiger partial charge in [-0.15, -0.1) is 0 Å². The summed E-state index contributed by atoms with van der Waals surface area (Å²) in [5, 5.41) is 0. The lowest BCUT2D eigenvalue weighted by Gasteiger charge is -2.35. The van der Waals surface area contributed by atoms with Crippen LogP contribution >= 0.6 is 0 Å². The maximum Gasteiger partial charge on any atom is 0.240 e. The molecular weight excluding hydrogens is 374 g/mol. The normalized spacial score (nSPS) is 17.0. The molecule has 1 atom stereocenters. The number of nitrogens with one attached hydrogen (secondary N) is 1. The largest absolute Gasteiger partial charge is 0.379 e. The molecule has 146 valence electrons. The quantitative estimate of drug-likeness (QED) is 0.816. The predicted octanol–water partition coefficient (Wildman–Crippen LogP) is 2.63. The van der Waals surface area contributed by atoms with Gasteiger partial charge in [0, 0.05) is 25.7 Å².